The van der Waals surface area contributed by atoms with Crippen molar-refractivity contribution < 1.29 is 19.8 Å². The maximum Gasteiger partial charge on any atom is 0.328 e. The first kappa shape index (κ1) is 22.0. The van der Waals surface area contributed by atoms with Gasteiger partial charge < -0.3 is 15.5 Å². The maximum absolute atomic E-state index is 9.55. The maximum atomic E-state index is 9.55. The van der Waals surface area contributed by atoms with Crippen LogP contribution in [0.3, 0.4) is 0 Å². The minimum absolute atomic E-state index is 0.349. The van der Waals surface area contributed by atoms with E-state index in [0.29, 0.717) is 18.1 Å². The van der Waals surface area contributed by atoms with Crippen LogP contribution in [0, 0.1) is 0 Å². The number of nitrogens with zero attached hydrogens (tertiary/aromatic N) is 1. The molecule has 1 aliphatic carbocycles. The smallest absolute Gasteiger partial charge is 0.328 e. The van der Waals surface area contributed by atoms with Crippen molar-refractivity contribution in [3.05, 3.63) is 83.2 Å². The number of pyridine rings is 1. The number of hydrogen-bond acceptors (Lipinski definition) is 4. The highest BCUT2D eigenvalue weighted by Gasteiger charge is 2.25. The fraction of sp³-hybridized carbons (Fsp3) is 0.261. The fourth-order valence-corrected chi connectivity index (χ4v) is 3.41. The molecular formula is C23H26N2O4. The van der Waals surface area contributed by atoms with E-state index in [9.17, 15) is 9.59 Å². The number of rotatable bonds is 7. The molecule has 1 atom stereocenters. The van der Waals surface area contributed by atoms with E-state index in [0.717, 1.165) is 25.1 Å². The quantitative estimate of drug-likeness (QED) is 0.622. The van der Waals surface area contributed by atoms with Gasteiger partial charge in [-0.15, -0.1) is 0 Å². The third-order valence-corrected chi connectivity index (χ3v) is 4.70. The zero-order valence-electron chi connectivity index (χ0n) is 16.6. The summed E-state index contributed by atoms with van der Waals surface area (Å²) >= 11 is 0. The summed E-state index contributed by atoms with van der Waals surface area (Å²) in [4.78, 5) is 23.7. The van der Waals surface area contributed by atoms with Crippen LogP contribution in [-0.2, 0) is 16.0 Å². The highest BCUT2D eigenvalue weighted by atomic mass is 16.4. The summed E-state index contributed by atoms with van der Waals surface area (Å²) in [7, 11) is 2.02. The van der Waals surface area contributed by atoms with Crippen LogP contribution >= 0.6 is 0 Å². The number of benzene rings is 1. The lowest BCUT2D eigenvalue weighted by atomic mass is 9.90. The van der Waals surface area contributed by atoms with Crippen molar-refractivity contribution in [3.63, 3.8) is 0 Å². The van der Waals surface area contributed by atoms with Gasteiger partial charge in [-0.25, -0.2) is 9.59 Å². The zero-order chi connectivity index (χ0) is 21.2. The Labute approximate surface area is 170 Å². The molecule has 1 aliphatic rings. The molecule has 3 N–H and O–H groups in total. The Bertz CT molecular complexity index is 888. The molecule has 0 amide bonds. The van der Waals surface area contributed by atoms with E-state index in [4.69, 9.17) is 10.2 Å². The van der Waals surface area contributed by atoms with Gasteiger partial charge in [0.15, 0.2) is 0 Å². The van der Waals surface area contributed by atoms with Crippen LogP contribution in [0.2, 0.25) is 0 Å². The lowest BCUT2D eigenvalue weighted by Crippen LogP contribution is -2.09. The molecule has 0 spiro atoms. The molecule has 2 aromatic rings. The first-order valence-corrected chi connectivity index (χ1v) is 9.43. The van der Waals surface area contributed by atoms with E-state index in [1.807, 2.05) is 19.3 Å². The Morgan fingerprint density at radius 3 is 2.34 bits per heavy atom. The van der Waals surface area contributed by atoms with Gasteiger partial charge in [-0.3, -0.25) is 4.98 Å². The second-order valence-corrected chi connectivity index (χ2v) is 6.69. The average molecular weight is 394 g/mol. The third kappa shape index (κ3) is 6.40. The molecule has 3 rings (SSSR count). The van der Waals surface area contributed by atoms with E-state index in [1.54, 1.807) is 5.57 Å². The van der Waals surface area contributed by atoms with Gasteiger partial charge in [0.2, 0.25) is 0 Å². The Morgan fingerprint density at radius 1 is 1.10 bits per heavy atom. The van der Waals surface area contributed by atoms with Gasteiger partial charge in [0.25, 0.3) is 0 Å². The lowest BCUT2D eigenvalue weighted by Gasteiger charge is -2.17. The van der Waals surface area contributed by atoms with Gasteiger partial charge in [0.1, 0.15) is 0 Å². The van der Waals surface area contributed by atoms with Crippen molar-refractivity contribution in [1.82, 2.24) is 10.3 Å². The first-order chi connectivity index (χ1) is 13.9. The monoisotopic (exact) mass is 394 g/mol. The molecule has 152 valence electrons. The number of aromatic nitrogens is 1. The standard InChI is InChI=1S/C19H22N2.C4H4O4/c1-14(18-9-5-6-11-21-18)19-16(10-12-20-2)13-15-7-3-4-8-17(15)19;5-3(6)1-2-4(7)8/h3-9,11,14,20H,10,12-13H2,1-2H3;1-2H,(H,5,6)(H,7,8). The minimum atomic E-state index is -1.26. The number of aliphatic carboxylic acids is 2. The molecule has 0 saturated heterocycles. The predicted molar refractivity (Wildman–Crippen MR) is 113 cm³/mol. The van der Waals surface area contributed by atoms with Crippen LogP contribution in [-0.4, -0.2) is 40.7 Å². The van der Waals surface area contributed by atoms with E-state index in [-0.39, 0.29) is 0 Å². The van der Waals surface area contributed by atoms with Gasteiger partial charge in [0, 0.05) is 30.0 Å². The van der Waals surface area contributed by atoms with Crippen LogP contribution in [0.5, 0.6) is 0 Å². The second kappa shape index (κ2) is 10.9. The lowest BCUT2D eigenvalue weighted by molar-refractivity contribution is -0.134. The van der Waals surface area contributed by atoms with E-state index < -0.39 is 11.9 Å². The number of hydrogen-bond donors (Lipinski definition) is 3. The van der Waals surface area contributed by atoms with Gasteiger partial charge >= 0.3 is 11.9 Å². The van der Waals surface area contributed by atoms with Crippen LogP contribution in [0.15, 0.2) is 66.4 Å². The SMILES string of the molecule is CNCCC1=C(C(C)c2ccccn2)c2ccccc2C1.O=C(O)C=CC(=O)O. The van der Waals surface area contributed by atoms with Crippen LogP contribution < -0.4 is 5.32 Å². The molecule has 6 nitrogen and oxygen atoms in total. The molecule has 1 aromatic heterocycles. The van der Waals surface area contributed by atoms with Crippen molar-refractivity contribution in [3.8, 4) is 0 Å². The van der Waals surface area contributed by atoms with E-state index in [2.05, 4.69) is 53.6 Å². The highest BCUT2D eigenvalue weighted by Crippen LogP contribution is 2.42. The molecule has 0 radical (unpaired) electrons. The summed E-state index contributed by atoms with van der Waals surface area (Å²) in [5.41, 5.74) is 7.08. The van der Waals surface area contributed by atoms with Gasteiger partial charge in [-0.2, -0.15) is 0 Å². The number of carboxylic acid groups (broad SMARTS) is 2. The van der Waals surface area contributed by atoms with Crippen molar-refractivity contribution in [2.24, 2.45) is 0 Å². The third-order valence-electron chi connectivity index (χ3n) is 4.70. The summed E-state index contributed by atoms with van der Waals surface area (Å²) in [6, 6.07) is 15.0. The Hall–Kier alpha value is -3.25. The van der Waals surface area contributed by atoms with E-state index >= 15 is 0 Å². The van der Waals surface area contributed by atoms with Gasteiger partial charge in [-0.05, 0) is 55.3 Å². The topological polar surface area (TPSA) is 99.5 Å². The summed E-state index contributed by atoms with van der Waals surface area (Å²) in [5, 5.41) is 18.9. The Balaban J connectivity index is 0.000000321. The molecular weight excluding hydrogens is 368 g/mol. The molecule has 0 saturated carbocycles. The normalized spacial score (nSPS) is 13.6. The predicted octanol–water partition coefficient (Wildman–Crippen LogP) is 3.52. The molecule has 1 unspecified atom stereocenters. The molecule has 1 heterocycles. The van der Waals surface area contributed by atoms with Crippen LogP contribution in [0.25, 0.3) is 5.57 Å². The first-order valence-electron chi connectivity index (χ1n) is 9.43. The molecule has 6 heteroatoms. The fourth-order valence-electron chi connectivity index (χ4n) is 3.41. The number of fused-ring (bicyclic) bond motifs is 1. The zero-order valence-corrected chi connectivity index (χ0v) is 16.6. The summed E-state index contributed by atoms with van der Waals surface area (Å²) < 4.78 is 0. The average Bonchev–Trinajstić information content (AvgIpc) is 3.09. The van der Waals surface area contributed by atoms with Gasteiger partial charge in [0.05, 0.1) is 0 Å². The number of allylic oxidation sites excluding steroid dienone is 1. The summed E-state index contributed by atoms with van der Waals surface area (Å²) in [6.45, 7) is 3.31. The summed E-state index contributed by atoms with van der Waals surface area (Å²) in [6.07, 6.45) is 5.20. The van der Waals surface area contributed by atoms with Crippen molar-refractivity contribution in [2.75, 3.05) is 13.6 Å². The second-order valence-electron chi connectivity index (χ2n) is 6.69. The largest absolute Gasteiger partial charge is 0.478 e. The van der Waals surface area contributed by atoms with Crippen molar-refractivity contribution >= 4 is 17.5 Å². The number of nitrogens with one attached hydrogen (secondary N) is 1. The highest BCUT2D eigenvalue weighted by molar-refractivity contribution is 5.89. The van der Waals surface area contributed by atoms with Crippen molar-refractivity contribution in [2.45, 2.75) is 25.7 Å². The van der Waals surface area contributed by atoms with Crippen molar-refractivity contribution in [1.29, 1.82) is 0 Å². The molecule has 0 fully saturated rings. The van der Waals surface area contributed by atoms with Gasteiger partial charge in [-0.1, -0.05) is 42.8 Å². The number of carbonyl (C=O) groups is 2. The molecule has 0 aliphatic heterocycles. The molecule has 1 aromatic carbocycles. The Kier molecular flexibility index (Phi) is 8.30. The number of carboxylic acids is 2. The van der Waals surface area contributed by atoms with Crippen LogP contribution in [0.1, 0.15) is 36.1 Å². The van der Waals surface area contributed by atoms with E-state index in [1.165, 1.54) is 16.7 Å². The molecule has 29 heavy (non-hydrogen) atoms. The molecule has 0 bridgehead atoms. The minimum Gasteiger partial charge on any atom is -0.478 e. The summed E-state index contributed by atoms with van der Waals surface area (Å²) in [5.74, 6) is -2.17. The Morgan fingerprint density at radius 2 is 1.76 bits per heavy atom. The van der Waals surface area contributed by atoms with Crippen LogP contribution in [0.4, 0.5) is 0 Å².